The Bertz CT molecular complexity index is 1650. The van der Waals surface area contributed by atoms with Crippen LogP contribution in [0, 0.1) is 17.5 Å². The number of halogens is 4. The number of pyridine rings is 1. The fraction of sp³-hybridized carbons (Fsp3) is 0.0769. The van der Waals surface area contributed by atoms with Gasteiger partial charge in [0.05, 0.1) is 31.5 Å². The number of amides is 2. The summed E-state index contributed by atoms with van der Waals surface area (Å²) in [4.78, 5) is 33.7. The zero-order valence-corrected chi connectivity index (χ0v) is 20.3. The molecule has 0 aliphatic carbocycles. The van der Waals surface area contributed by atoms with Crippen molar-refractivity contribution in [3.05, 3.63) is 93.8 Å². The lowest BCUT2D eigenvalue weighted by molar-refractivity contribution is -0.119. The molecule has 2 heterocycles. The van der Waals surface area contributed by atoms with Crippen molar-refractivity contribution < 1.29 is 22.8 Å². The van der Waals surface area contributed by atoms with Gasteiger partial charge in [-0.3, -0.25) is 14.6 Å². The lowest BCUT2D eigenvalue weighted by Gasteiger charge is -2.15. The van der Waals surface area contributed by atoms with E-state index in [9.17, 15) is 22.8 Å². The molecule has 186 valence electrons. The van der Waals surface area contributed by atoms with E-state index in [0.29, 0.717) is 22.5 Å². The minimum atomic E-state index is -1.16. The maximum atomic E-state index is 14.5. The van der Waals surface area contributed by atoms with Gasteiger partial charge in [0, 0.05) is 41.1 Å². The number of aromatic nitrogens is 2. The van der Waals surface area contributed by atoms with Crippen LogP contribution in [0.1, 0.15) is 15.4 Å². The van der Waals surface area contributed by atoms with Gasteiger partial charge in [0.25, 0.3) is 5.91 Å². The number of hydrogen-bond acceptors (Lipinski definition) is 5. The predicted molar refractivity (Wildman–Crippen MR) is 136 cm³/mol. The highest BCUT2D eigenvalue weighted by Gasteiger charge is 2.23. The van der Waals surface area contributed by atoms with Crippen LogP contribution in [-0.4, -0.2) is 27.8 Å². The number of primary amides is 1. The van der Waals surface area contributed by atoms with Crippen LogP contribution in [0.3, 0.4) is 0 Å². The molecule has 0 aliphatic heterocycles. The Balaban J connectivity index is 1.49. The molecule has 0 spiro atoms. The number of thiazole rings is 1. The van der Waals surface area contributed by atoms with Gasteiger partial charge in [0.2, 0.25) is 5.91 Å². The number of benzene rings is 3. The maximum absolute atomic E-state index is 14.5. The number of fused-ring (bicyclic) bond motifs is 2. The molecule has 3 N–H and O–H groups in total. The number of nitrogens with zero attached hydrogens (tertiary/aromatic N) is 2. The summed E-state index contributed by atoms with van der Waals surface area (Å²) < 4.78 is 43.5. The largest absolute Gasteiger partial charge is 0.368 e. The highest BCUT2D eigenvalue weighted by atomic mass is 35.5. The molecule has 5 aromatic rings. The normalized spacial score (nSPS) is 12.1. The number of hydrogen-bond donors (Lipinski definition) is 2. The molecule has 0 saturated heterocycles. The van der Waals surface area contributed by atoms with Gasteiger partial charge in [-0.05, 0) is 24.3 Å². The highest BCUT2D eigenvalue weighted by molar-refractivity contribution is 7.18. The second-order valence-corrected chi connectivity index (χ2v) is 9.69. The molecule has 1 unspecified atom stereocenters. The monoisotopic (exact) mass is 540 g/mol. The van der Waals surface area contributed by atoms with E-state index in [0.717, 1.165) is 10.2 Å². The summed E-state index contributed by atoms with van der Waals surface area (Å²) in [5.74, 6) is -4.81. The SMILES string of the molecule is NC(=O)C(Cc1nc2ccccc2s1)NC(=O)c1ccc2c(Cl)cnc(-c3c(F)cc(F)cc3F)c2c1. The van der Waals surface area contributed by atoms with Gasteiger partial charge < -0.3 is 11.1 Å². The van der Waals surface area contributed by atoms with Gasteiger partial charge >= 0.3 is 0 Å². The van der Waals surface area contributed by atoms with Gasteiger partial charge in [-0.15, -0.1) is 11.3 Å². The minimum Gasteiger partial charge on any atom is -0.368 e. The molecule has 0 aliphatic rings. The van der Waals surface area contributed by atoms with Crippen LogP contribution >= 0.6 is 22.9 Å². The first-order valence-corrected chi connectivity index (χ1v) is 12.1. The number of carbonyl (C=O) groups is 2. The van der Waals surface area contributed by atoms with Crippen LogP contribution in [0.2, 0.25) is 5.02 Å². The molecule has 6 nitrogen and oxygen atoms in total. The zero-order valence-electron chi connectivity index (χ0n) is 18.8. The van der Waals surface area contributed by atoms with Crippen LogP contribution in [0.5, 0.6) is 0 Å². The van der Waals surface area contributed by atoms with Gasteiger partial charge in [-0.2, -0.15) is 0 Å². The van der Waals surface area contributed by atoms with Crippen molar-refractivity contribution in [3.8, 4) is 11.3 Å². The van der Waals surface area contributed by atoms with E-state index in [1.165, 1.54) is 35.7 Å². The zero-order chi connectivity index (χ0) is 26.3. The van der Waals surface area contributed by atoms with Crippen LogP contribution < -0.4 is 11.1 Å². The number of nitrogens with two attached hydrogens (primary N) is 1. The fourth-order valence-electron chi connectivity index (χ4n) is 3.96. The molecule has 0 bridgehead atoms. The second-order valence-electron chi connectivity index (χ2n) is 8.17. The first-order chi connectivity index (χ1) is 17.7. The molecule has 2 amide bonds. The van der Waals surface area contributed by atoms with Crippen molar-refractivity contribution in [2.24, 2.45) is 5.73 Å². The van der Waals surface area contributed by atoms with Crippen molar-refractivity contribution in [2.45, 2.75) is 12.5 Å². The lowest BCUT2D eigenvalue weighted by Crippen LogP contribution is -2.45. The Morgan fingerprint density at radius 3 is 2.46 bits per heavy atom. The highest BCUT2D eigenvalue weighted by Crippen LogP contribution is 2.35. The van der Waals surface area contributed by atoms with Gasteiger partial charge in [-0.25, -0.2) is 18.2 Å². The third kappa shape index (κ3) is 4.85. The first kappa shape index (κ1) is 24.7. The summed E-state index contributed by atoms with van der Waals surface area (Å²) in [5, 5.41) is 3.92. The number of para-hydroxylation sites is 1. The van der Waals surface area contributed by atoms with Crippen LogP contribution in [0.4, 0.5) is 13.2 Å². The smallest absolute Gasteiger partial charge is 0.251 e. The average molecular weight is 541 g/mol. The number of carbonyl (C=O) groups excluding carboxylic acids is 2. The molecular formula is C26H16ClF3N4O2S. The molecule has 0 fully saturated rings. The molecule has 11 heteroatoms. The summed E-state index contributed by atoms with van der Waals surface area (Å²) in [6.07, 6.45) is 1.29. The van der Waals surface area contributed by atoms with E-state index < -0.39 is 40.9 Å². The molecular weight excluding hydrogens is 525 g/mol. The number of nitrogens with one attached hydrogen (secondary N) is 1. The van der Waals surface area contributed by atoms with Crippen molar-refractivity contribution in [3.63, 3.8) is 0 Å². The Hall–Kier alpha value is -4.02. The van der Waals surface area contributed by atoms with Crippen molar-refractivity contribution in [2.75, 3.05) is 0 Å². The summed E-state index contributed by atoms with van der Waals surface area (Å²) in [7, 11) is 0. The maximum Gasteiger partial charge on any atom is 0.251 e. The molecule has 2 aromatic heterocycles. The summed E-state index contributed by atoms with van der Waals surface area (Å²) >= 11 is 7.61. The number of rotatable bonds is 6. The van der Waals surface area contributed by atoms with E-state index >= 15 is 0 Å². The van der Waals surface area contributed by atoms with E-state index in [1.807, 2.05) is 24.3 Å². The topological polar surface area (TPSA) is 98.0 Å². The van der Waals surface area contributed by atoms with E-state index in [2.05, 4.69) is 15.3 Å². The lowest BCUT2D eigenvalue weighted by atomic mass is 10.00. The van der Waals surface area contributed by atoms with Crippen molar-refractivity contribution in [1.29, 1.82) is 0 Å². The minimum absolute atomic E-state index is 0.0660. The average Bonchev–Trinajstić information content (AvgIpc) is 3.26. The van der Waals surface area contributed by atoms with Crippen LogP contribution in [0.15, 0.2) is 60.8 Å². The van der Waals surface area contributed by atoms with Crippen molar-refractivity contribution >= 4 is 55.7 Å². The van der Waals surface area contributed by atoms with E-state index in [4.69, 9.17) is 17.3 Å². The third-order valence-electron chi connectivity index (χ3n) is 5.71. The Labute approximate surface area is 216 Å². The molecule has 1 atom stereocenters. The summed E-state index contributed by atoms with van der Waals surface area (Å²) in [6.45, 7) is 0. The molecule has 5 rings (SSSR count). The molecule has 0 radical (unpaired) electrons. The van der Waals surface area contributed by atoms with Gasteiger partial charge in [0.1, 0.15) is 23.5 Å². The van der Waals surface area contributed by atoms with Crippen LogP contribution in [0.25, 0.3) is 32.2 Å². The van der Waals surface area contributed by atoms with Gasteiger partial charge in [0.15, 0.2) is 0 Å². The Kier molecular flexibility index (Phi) is 6.53. The Morgan fingerprint density at radius 2 is 1.76 bits per heavy atom. The quantitative estimate of drug-likeness (QED) is 0.301. The fourth-order valence-corrected chi connectivity index (χ4v) is 5.19. The standard InChI is InChI=1S/C26H16ClF3N4O2S/c27-16-11-32-24(23-17(29)8-13(28)9-18(23)30)15-7-12(5-6-14(15)16)26(36)34-20(25(31)35)10-22-33-19-3-1-2-4-21(19)37-22/h1-9,11,20H,10H2,(H2,31,35)(H,34,36). The molecule has 3 aromatic carbocycles. The molecule has 0 saturated carbocycles. The Morgan fingerprint density at radius 1 is 1.03 bits per heavy atom. The summed E-state index contributed by atoms with van der Waals surface area (Å²) in [5.41, 5.74) is 5.65. The van der Waals surface area contributed by atoms with Gasteiger partial charge in [-0.1, -0.05) is 29.8 Å². The first-order valence-electron chi connectivity index (χ1n) is 10.9. The predicted octanol–water partition coefficient (Wildman–Crippen LogP) is 5.41. The molecule has 37 heavy (non-hydrogen) atoms. The van der Waals surface area contributed by atoms with E-state index in [1.54, 1.807) is 0 Å². The third-order valence-corrected chi connectivity index (χ3v) is 7.07. The van der Waals surface area contributed by atoms with E-state index in [-0.39, 0.29) is 28.1 Å². The second kappa shape index (κ2) is 9.79. The summed E-state index contributed by atoms with van der Waals surface area (Å²) in [6, 6.07) is 11.7. The van der Waals surface area contributed by atoms with Crippen LogP contribution in [-0.2, 0) is 11.2 Å². The van der Waals surface area contributed by atoms with Crippen molar-refractivity contribution in [1.82, 2.24) is 15.3 Å².